The Hall–Kier alpha value is -2.34. The quantitative estimate of drug-likeness (QED) is 0.522. The zero-order valence-corrected chi connectivity index (χ0v) is 13.8. The molecule has 2 aromatic rings. The first-order valence-corrected chi connectivity index (χ1v) is 7.63. The highest BCUT2D eigenvalue weighted by atomic mass is 16.6. The number of nitrogens with zero attached hydrogens (tertiary/aromatic N) is 5. The number of carbonyl (C=O) groups is 1. The molecule has 11 heteroatoms. The summed E-state index contributed by atoms with van der Waals surface area (Å²) in [4.78, 5) is 25.3. The summed E-state index contributed by atoms with van der Waals surface area (Å²) in [5.41, 5.74) is 6.48. The number of likely N-dealkylation sites (N-methyl/N-ethyl adjacent to an activating group) is 1. The number of aliphatic hydroxyl groups excluding tert-OH is 2. The number of hydrogen-bond donors (Lipinski definition) is 3. The van der Waals surface area contributed by atoms with Gasteiger partial charge in [-0.15, -0.1) is 0 Å². The average molecular weight is 352 g/mol. The molecule has 0 bridgehead atoms. The minimum absolute atomic E-state index is 0.108. The summed E-state index contributed by atoms with van der Waals surface area (Å²) in [6.07, 6.45) is -1.61. The standard InChI is InChI=1S/C14H20N6O5/c1-19(2)3-8(21)24-4-7-10(22)11(23)14(25-7)20-6-18-9-12(15)16-5-17-13(9)20/h5-7,10-11,14,22-23H,3-4H2,1-2H3,(H2,15,16,17)/t7-,10?,11+,14-/m1/s1. The highest BCUT2D eigenvalue weighted by molar-refractivity contribution is 5.81. The third-order valence-corrected chi connectivity index (χ3v) is 3.85. The second kappa shape index (κ2) is 6.88. The van der Waals surface area contributed by atoms with E-state index in [-0.39, 0.29) is 19.0 Å². The van der Waals surface area contributed by atoms with Gasteiger partial charge in [0, 0.05) is 0 Å². The fourth-order valence-corrected chi connectivity index (χ4v) is 2.63. The summed E-state index contributed by atoms with van der Waals surface area (Å²) in [6, 6.07) is 0. The zero-order chi connectivity index (χ0) is 18.1. The molecule has 1 aliphatic rings. The first-order valence-electron chi connectivity index (χ1n) is 7.63. The highest BCUT2D eigenvalue weighted by Gasteiger charge is 2.44. The van der Waals surface area contributed by atoms with Crippen LogP contribution < -0.4 is 5.73 Å². The number of nitrogen functional groups attached to an aromatic ring is 1. The van der Waals surface area contributed by atoms with Crippen molar-refractivity contribution >= 4 is 23.0 Å². The molecule has 1 unspecified atom stereocenters. The minimum atomic E-state index is -1.24. The number of anilines is 1. The Kier molecular flexibility index (Phi) is 4.81. The van der Waals surface area contributed by atoms with Crippen LogP contribution in [0.25, 0.3) is 11.2 Å². The molecule has 1 aliphatic heterocycles. The highest BCUT2D eigenvalue weighted by Crippen LogP contribution is 2.32. The van der Waals surface area contributed by atoms with E-state index in [9.17, 15) is 15.0 Å². The van der Waals surface area contributed by atoms with Crippen LogP contribution in [0.5, 0.6) is 0 Å². The van der Waals surface area contributed by atoms with Gasteiger partial charge in [-0.2, -0.15) is 0 Å². The van der Waals surface area contributed by atoms with Crippen molar-refractivity contribution in [1.82, 2.24) is 24.4 Å². The van der Waals surface area contributed by atoms with E-state index in [0.29, 0.717) is 11.2 Å². The average Bonchev–Trinajstić information content (AvgIpc) is 3.09. The molecule has 3 heterocycles. The van der Waals surface area contributed by atoms with Gasteiger partial charge in [-0.05, 0) is 14.1 Å². The van der Waals surface area contributed by atoms with Crippen molar-refractivity contribution in [3.63, 3.8) is 0 Å². The molecule has 25 heavy (non-hydrogen) atoms. The van der Waals surface area contributed by atoms with Gasteiger partial charge in [0.15, 0.2) is 17.7 Å². The number of carbonyl (C=O) groups excluding carboxylic acids is 1. The summed E-state index contributed by atoms with van der Waals surface area (Å²) in [5.74, 6) is -0.252. The van der Waals surface area contributed by atoms with Crippen LogP contribution in [0.1, 0.15) is 6.23 Å². The molecule has 4 N–H and O–H groups in total. The van der Waals surface area contributed by atoms with Gasteiger partial charge >= 0.3 is 5.97 Å². The predicted molar refractivity (Wildman–Crippen MR) is 85.2 cm³/mol. The van der Waals surface area contributed by atoms with Crippen LogP contribution in [0.2, 0.25) is 0 Å². The minimum Gasteiger partial charge on any atom is -0.462 e. The maximum Gasteiger partial charge on any atom is 0.320 e. The number of aromatic nitrogens is 4. The lowest BCUT2D eigenvalue weighted by Gasteiger charge is -2.16. The van der Waals surface area contributed by atoms with E-state index in [1.54, 1.807) is 19.0 Å². The molecular formula is C14H20N6O5. The molecule has 0 spiro atoms. The Labute approximate surface area is 143 Å². The van der Waals surface area contributed by atoms with E-state index < -0.39 is 30.5 Å². The van der Waals surface area contributed by atoms with Gasteiger partial charge in [0.05, 0.1) is 12.9 Å². The van der Waals surface area contributed by atoms with Gasteiger partial charge in [0.25, 0.3) is 0 Å². The molecule has 0 radical (unpaired) electrons. The van der Waals surface area contributed by atoms with Crippen molar-refractivity contribution in [2.45, 2.75) is 24.5 Å². The Bertz CT molecular complexity index is 765. The van der Waals surface area contributed by atoms with Crippen LogP contribution in [-0.2, 0) is 14.3 Å². The van der Waals surface area contributed by atoms with E-state index in [2.05, 4.69) is 15.0 Å². The van der Waals surface area contributed by atoms with E-state index >= 15 is 0 Å². The SMILES string of the molecule is CN(C)CC(=O)OC[C@H]1O[C@@H](n2cnc3c(N)ncnc32)[C@@H](O)C1O. The first-order chi connectivity index (χ1) is 11.9. The monoisotopic (exact) mass is 352 g/mol. The number of ether oxygens (including phenoxy) is 2. The Morgan fingerprint density at radius 3 is 2.84 bits per heavy atom. The van der Waals surface area contributed by atoms with Gasteiger partial charge in [0.1, 0.15) is 36.8 Å². The van der Waals surface area contributed by atoms with Crippen molar-refractivity contribution in [3.8, 4) is 0 Å². The molecule has 0 amide bonds. The lowest BCUT2D eigenvalue weighted by atomic mass is 10.1. The second-order valence-electron chi connectivity index (χ2n) is 6.05. The van der Waals surface area contributed by atoms with Crippen molar-refractivity contribution in [2.75, 3.05) is 33.0 Å². The van der Waals surface area contributed by atoms with Crippen molar-refractivity contribution in [1.29, 1.82) is 0 Å². The smallest absolute Gasteiger partial charge is 0.320 e. The fourth-order valence-electron chi connectivity index (χ4n) is 2.63. The van der Waals surface area contributed by atoms with E-state index in [1.165, 1.54) is 17.2 Å². The molecule has 136 valence electrons. The predicted octanol–water partition coefficient (Wildman–Crippen LogP) is -1.87. The molecule has 1 fully saturated rings. The lowest BCUT2D eigenvalue weighted by molar-refractivity contribution is -0.150. The molecule has 0 aromatic carbocycles. The number of esters is 1. The Balaban J connectivity index is 1.73. The normalized spacial score (nSPS) is 26.4. The lowest BCUT2D eigenvalue weighted by Crippen LogP contribution is -2.35. The number of imidazole rings is 1. The molecular weight excluding hydrogens is 332 g/mol. The van der Waals surface area contributed by atoms with Gasteiger partial charge < -0.3 is 25.4 Å². The van der Waals surface area contributed by atoms with Gasteiger partial charge in [-0.3, -0.25) is 14.3 Å². The summed E-state index contributed by atoms with van der Waals surface area (Å²) >= 11 is 0. The number of hydrogen-bond acceptors (Lipinski definition) is 10. The Morgan fingerprint density at radius 2 is 2.12 bits per heavy atom. The van der Waals surface area contributed by atoms with Crippen LogP contribution in [0, 0.1) is 0 Å². The van der Waals surface area contributed by atoms with E-state index in [0.717, 1.165) is 0 Å². The van der Waals surface area contributed by atoms with E-state index in [1.807, 2.05) is 0 Å². The molecule has 0 aliphatic carbocycles. The molecule has 0 saturated carbocycles. The summed E-state index contributed by atoms with van der Waals surface area (Å²) in [7, 11) is 3.47. The van der Waals surface area contributed by atoms with Gasteiger partial charge in [-0.25, -0.2) is 15.0 Å². The molecule has 2 aromatic heterocycles. The molecule has 3 rings (SSSR count). The van der Waals surface area contributed by atoms with Crippen molar-refractivity contribution in [3.05, 3.63) is 12.7 Å². The fraction of sp³-hybridized carbons (Fsp3) is 0.571. The summed E-state index contributed by atoms with van der Waals surface area (Å²) < 4.78 is 12.2. The van der Waals surface area contributed by atoms with Crippen LogP contribution in [0.4, 0.5) is 5.82 Å². The molecule has 4 atom stereocenters. The maximum absolute atomic E-state index is 11.6. The number of aliphatic hydroxyl groups is 2. The van der Waals surface area contributed by atoms with Crippen LogP contribution >= 0.6 is 0 Å². The second-order valence-corrected chi connectivity index (χ2v) is 6.05. The first kappa shape index (κ1) is 17.5. The van der Waals surface area contributed by atoms with Crippen LogP contribution in [-0.4, -0.2) is 86.2 Å². The number of rotatable bonds is 5. The van der Waals surface area contributed by atoms with Gasteiger partial charge in [0.2, 0.25) is 0 Å². The van der Waals surface area contributed by atoms with E-state index in [4.69, 9.17) is 15.2 Å². The maximum atomic E-state index is 11.6. The van der Waals surface area contributed by atoms with Crippen LogP contribution in [0.3, 0.4) is 0 Å². The van der Waals surface area contributed by atoms with Crippen molar-refractivity contribution in [2.24, 2.45) is 0 Å². The zero-order valence-electron chi connectivity index (χ0n) is 13.8. The van der Waals surface area contributed by atoms with Crippen LogP contribution in [0.15, 0.2) is 12.7 Å². The van der Waals surface area contributed by atoms with Gasteiger partial charge in [-0.1, -0.05) is 0 Å². The third-order valence-electron chi connectivity index (χ3n) is 3.85. The Morgan fingerprint density at radius 1 is 1.36 bits per heavy atom. The molecule has 1 saturated heterocycles. The number of nitrogens with two attached hydrogens (primary N) is 1. The topological polar surface area (TPSA) is 149 Å². The third kappa shape index (κ3) is 3.39. The summed E-state index contributed by atoms with van der Waals surface area (Å²) in [5, 5.41) is 20.5. The molecule has 11 nitrogen and oxygen atoms in total. The largest absolute Gasteiger partial charge is 0.462 e. The van der Waals surface area contributed by atoms with Crippen molar-refractivity contribution < 1.29 is 24.5 Å². The number of fused-ring (bicyclic) bond motifs is 1. The summed E-state index contributed by atoms with van der Waals surface area (Å²) in [6.45, 7) is -0.0672.